The largest absolute Gasteiger partial charge is 0.493 e. The Balaban J connectivity index is 1.29. The van der Waals surface area contributed by atoms with E-state index in [-0.39, 0.29) is 18.1 Å². The summed E-state index contributed by atoms with van der Waals surface area (Å²) < 4.78 is 16.4. The third-order valence-corrected chi connectivity index (χ3v) is 9.75. The van der Waals surface area contributed by atoms with Crippen molar-refractivity contribution in [3.63, 3.8) is 0 Å². The van der Waals surface area contributed by atoms with Crippen molar-refractivity contribution in [3.05, 3.63) is 42.0 Å². The number of aryl methyl sites for hydroxylation is 1. The van der Waals surface area contributed by atoms with Crippen LogP contribution in [0.1, 0.15) is 109 Å². The maximum absolute atomic E-state index is 11.8. The van der Waals surface area contributed by atoms with E-state index in [4.69, 9.17) is 19.3 Å². The third kappa shape index (κ3) is 12.5. The molecule has 0 bridgehead atoms. The second-order valence-electron chi connectivity index (χ2n) is 12.9. The quantitative estimate of drug-likeness (QED) is 0.103. The zero-order valence-electron chi connectivity index (χ0n) is 26.1. The van der Waals surface area contributed by atoms with Crippen molar-refractivity contribution in [2.45, 2.75) is 110 Å². The molecule has 1 unspecified atom stereocenters. The first-order valence-electron chi connectivity index (χ1n) is 16.7. The molecular formula is C36H58O5. The molecule has 2 saturated carbocycles. The van der Waals surface area contributed by atoms with Gasteiger partial charge in [0.1, 0.15) is 5.75 Å². The lowest BCUT2D eigenvalue weighted by atomic mass is 9.68. The van der Waals surface area contributed by atoms with Crippen LogP contribution in [0.15, 0.2) is 36.4 Å². The van der Waals surface area contributed by atoms with Crippen molar-refractivity contribution in [2.24, 2.45) is 29.6 Å². The summed E-state index contributed by atoms with van der Waals surface area (Å²) in [6.45, 7) is 6.35. The van der Waals surface area contributed by atoms with E-state index in [1.54, 1.807) is 7.11 Å². The molecule has 1 aromatic carbocycles. The summed E-state index contributed by atoms with van der Waals surface area (Å²) in [6, 6.07) is 8.44. The molecular weight excluding hydrogens is 512 g/mol. The highest BCUT2D eigenvalue weighted by Crippen LogP contribution is 2.43. The number of aliphatic hydroxyl groups excluding tert-OH is 1. The van der Waals surface area contributed by atoms with Gasteiger partial charge in [-0.05, 0) is 79.9 Å². The fourth-order valence-corrected chi connectivity index (χ4v) is 7.01. The average molecular weight is 571 g/mol. The lowest BCUT2D eigenvalue weighted by molar-refractivity contribution is -0.141. The molecule has 5 heteroatoms. The van der Waals surface area contributed by atoms with E-state index >= 15 is 0 Å². The normalized spacial score (nSPS) is 23.6. The molecule has 0 saturated heterocycles. The van der Waals surface area contributed by atoms with Crippen LogP contribution in [0.5, 0.6) is 5.75 Å². The number of esters is 1. The van der Waals surface area contributed by atoms with Crippen LogP contribution in [0.25, 0.3) is 0 Å². The van der Waals surface area contributed by atoms with Crippen LogP contribution in [0.2, 0.25) is 0 Å². The summed E-state index contributed by atoms with van der Waals surface area (Å²) in [4.78, 5) is 11.8. The maximum Gasteiger partial charge on any atom is 0.335 e. The minimum absolute atomic E-state index is 0.0479. The Labute approximate surface area is 250 Å². The van der Waals surface area contributed by atoms with E-state index in [2.05, 4.69) is 25.6 Å². The Morgan fingerprint density at radius 1 is 0.854 bits per heavy atom. The van der Waals surface area contributed by atoms with Gasteiger partial charge in [0.05, 0.1) is 37.9 Å². The third-order valence-electron chi connectivity index (χ3n) is 9.75. The Kier molecular flexibility index (Phi) is 15.9. The van der Waals surface area contributed by atoms with Crippen molar-refractivity contribution < 1.29 is 24.1 Å². The molecule has 5 nitrogen and oxygen atoms in total. The summed E-state index contributed by atoms with van der Waals surface area (Å²) >= 11 is 0. The van der Waals surface area contributed by atoms with Gasteiger partial charge in [-0.3, -0.25) is 0 Å². The van der Waals surface area contributed by atoms with Crippen LogP contribution in [0, 0.1) is 29.6 Å². The first-order chi connectivity index (χ1) is 20.0. The molecule has 0 spiro atoms. The van der Waals surface area contributed by atoms with Crippen molar-refractivity contribution in [2.75, 3.05) is 33.5 Å². The molecule has 1 atom stereocenters. The van der Waals surface area contributed by atoms with Gasteiger partial charge in [-0.1, -0.05) is 89.8 Å². The van der Waals surface area contributed by atoms with Crippen molar-refractivity contribution in [3.8, 4) is 5.75 Å². The van der Waals surface area contributed by atoms with E-state index in [9.17, 15) is 4.79 Å². The second kappa shape index (κ2) is 19.4. The highest BCUT2D eigenvalue weighted by Gasteiger charge is 2.30. The Morgan fingerprint density at radius 2 is 1.46 bits per heavy atom. The molecule has 0 aliphatic heterocycles. The number of carbonyl (C=O) groups excluding carboxylic acids is 1. The lowest BCUT2D eigenvalue weighted by Crippen LogP contribution is -2.26. The number of unbranched alkanes of at least 4 members (excludes halogenated alkanes) is 4. The first kappa shape index (κ1) is 33.6. The molecule has 0 heterocycles. The van der Waals surface area contributed by atoms with Crippen molar-refractivity contribution in [1.29, 1.82) is 0 Å². The number of hydrogen-bond donors (Lipinski definition) is 1. The van der Waals surface area contributed by atoms with Crippen molar-refractivity contribution >= 4 is 5.97 Å². The molecule has 2 aliphatic rings. The van der Waals surface area contributed by atoms with Crippen LogP contribution in [0.3, 0.4) is 0 Å². The lowest BCUT2D eigenvalue weighted by Gasteiger charge is -2.38. The summed E-state index contributed by atoms with van der Waals surface area (Å²) in [6.07, 6.45) is 22.8. The van der Waals surface area contributed by atoms with Gasteiger partial charge in [0.25, 0.3) is 0 Å². The predicted molar refractivity (Wildman–Crippen MR) is 167 cm³/mol. The summed E-state index contributed by atoms with van der Waals surface area (Å²) in [5.41, 5.74) is 1.42. The summed E-state index contributed by atoms with van der Waals surface area (Å²) in [5, 5.41) is 9.01. The van der Waals surface area contributed by atoms with Crippen LogP contribution in [-0.4, -0.2) is 44.6 Å². The highest BCUT2D eigenvalue weighted by molar-refractivity contribution is 5.87. The minimum Gasteiger partial charge on any atom is -0.493 e. The van der Waals surface area contributed by atoms with E-state index in [1.807, 2.05) is 12.1 Å². The number of rotatable bonds is 19. The molecule has 0 aromatic heterocycles. The highest BCUT2D eigenvalue weighted by atomic mass is 16.5. The minimum atomic E-state index is -0.586. The number of carbonyl (C=O) groups is 1. The maximum atomic E-state index is 11.8. The Hall–Kier alpha value is -1.85. The SMILES string of the molecule is C=C(CO)C(=O)OCC(COC)COc1ccc(CCC2CCC(C3CCC(CCCCCCC)CC3)CC2)cc1. The number of hydrogen-bond acceptors (Lipinski definition) is 5. The van der Waals surface area contributed by atoms with Gasteiger partial charge >= 0.3 is 5.97 Å². The monoisotopic (exact) mass is 570 g/mol. The Bertz CT molecular complexity index is 849. The van der Waals surface area contributed by atoms with Gasteiger partial charge in [0, 0.05) is 7.11 Å². The van der Waals surface area contributed by atoms with Crippen LogP contribution in [0.4, 0.5) is 0 Å². The molecule has 1 aromatic rings. The molecule has 3 rings (SSSR count). The van der Waals surface area contributed by atoms with Gasteiger partial charge < -0.3 is 19.3 Å². The van der Waals surface area contributed by atoms with Gasteiger partial charge in [0.15, 0.2) is 0 Å². The first-order valence-corrected chi connectivity index (χ1v) is 16.7. The number of benzene rings is 1. The topological polar surface area (TPSA) is 65.0 Å². The number of methoxy groups -OCH3 is 1. The molecule has 2 fully saturated rings. The summed E-state index contributed by atoms with van der Waals surface area (Å²) in [5.74, 6) is 4.03. The molecule has 41 heavy (non-hydrogen) atoms. The van der Waals surface area contributed by atoms with Crippen LogP contribution in [-0.2, 0) is 20.7 Å². The average Bonchev–Trinajstić information content (AvgIpc) is 3.01. The van der Waals surface area contributed by atoms with Crippen LogP contribution >= 0.6 is 0 Å². The number of ether oxygens (including phenoxy) is 3. The van der Waals surface area contributed by atoms with Gasteiger partial charge in [0.2, 0.25) is 0 Å². The molecule has 0 amide bonds. The Morgan fingerprint density at radius 3 is 2.05 bits per heavy atom. The molecule has 1 N–H and O–H groups in total. The molecule has 2 aliphatic carbocycles. The van der Waals surface area contributed by atoms with E-state index < -0.39 is 12.6 Å². The van der Waals surface area contributed by atoms with Gasteiger partial charge in [-0.15, -0.1) is 0 Å². The van der Waals surface area contributed by atoms with Crippen molar-refractivity contribution in [1.82, 2.24) is 0 Å². The van der Waals surface area contributed by atoms with E-state index in [0.29, 0.717) is 13.2 Å². The van der Waals surface area contributed by atoms with Gasteiger partial charge in [-0.25, -0.2) is 4.79 Å². The number of aliphatic hydroxyl groups is 1. The summed E-state index contributed by atoms with van der Waals surface area (Å²) in [7, 11) is 1.62. The van der Waals surface area contributed by atoms with E-state index in [0.717, 1.165) is 35.8 Å². The fraction of sp³-hybridized carbons (Fsp3) is 0.750. The van der Waals surface area contributed by atoms with E-state index in [1.165, 1.54) is 102 Å². The molecule has 0 radical (unpaired) electrons. The zero-order chi connectivity index (χ0) is 29.3. The van der Waals surface area contributed by atoms with Gasteiger partial charge in [-0.2, -0.15) is 0 Å². The zero-order valence-corrected chi connectivity index (χ0v) is 26.1. The predicted octanol–water partition coefficient (Wildman–Crippen LogP) is 8.33. The smallest absolute Gasteiger partial charge is 0.335 e. The standard InChI is InChI=1S/C36H58O5/c1-4-5-6-7-8-9-29-12-18-33(19-13-29)34-20-14-30(15-21-34)10-11-31-16-22-35(23-17-31)40-26-32(25-39-3)27-41-36(38)28(2)24-37/h16-17,22-23,29-30,32-34,37H,2,4-15,18-21,24-27H2,1,3H3. The van der Waals surface area contributed by atoms with Crippen LogP contribution < -0.4 is 4.74 Å². The molecule has 232 valence electrons. The second-order valence-corrected chi connectivity index (χ2v) is 12.9. The fourth-order valence-electron chi connectivity index (χ4n) is 7.01.